The van der Waals surface area contributed by atoms with Crippen LogP contribution in [0.5, 0.6) is 0 Å². The number of likely N-dealkylation sites (N-methyl/N-ethyl adjacent to an activating group) is 1. The van der Waals surface area contributed by atoms with Crippen LogP contribution in [-0.2, 0) is 16.1 Å². The maximum absolute atomic E-state index is 11.3. The number of rotatable bonds is 6. The van der Waals surface area contributed by atoms with E-state index in [1.165, 1.54) is 0 Å². The van der Waals surface area contributed by atoms with Gasteiger partial charge in [0.1, 0.15) is 6.54 Å². The molecule has 0 atom stereocenters. The van der Waals surface area contributed by atoms with Crippen LogP contribution in [0.25, 0.3) is 0 Å². The molecule has 0 saturated carbocycles. The first kappa shape index (κ1) is 14.1. The maximum atomic E-state index is 11.3. The zero-order valence-electron chi connectivity index (χ0n) is 9.27. The molecule has 1 heterocycles. The van der Waals surface area contributed by atoms with E-state index in [9.17, 15) is 9.59 Å². The maximum Gasteiger partial charge on any atom is 0.322 e. The van der Waals surface area contributed by atoms with Gasteiger partial charge in [0.05, 0.1) is 6.54 Å². The van der Waals surface area contributed by atoms with E-state index >= 15 is 0 Å². The normalized spacial score (nSPS) is 10.5. The summed E-state index contributed by atoms with van der Waals surface area (Å²) in [6.45, 7) is 0.511. The number of carboxylic acids is 1. The fourth-order valence-electron chi connectivity index (χ4n) is 1.23. The van der Waals surface area contributed by atoms with E-state index in [0.717, 1.165) is 9.35 Å². The van der Waals surface area contributed by atoms with Crippen LogP contribution in [0.3, 0.4) is 0 Å². The van der Waals surface area contributed by atoms with Crippen molar-refractivity contribution in [3.8, 4) is 0 Å². The van der Waals surface area contributed by atoms with Gasteiger partial charge < -0.3 is 10.4 Å². The van der Waals surface area contributed by atoms with Crippen LogP contribution in [0.4, 0.5) is 0 Å². The van der Waals surface area contributed by atoms with Crippen LogP contribution < -0.4 is 5.32 Å². The quantitative estimate of drug-likeness (QED) is 0.824. The van der Waals surface area contributed by atoms with Crippen molar-refractivity contribution in [3.63, 3.8) is 0 Å². The zero-order chi connectivity index (χ0) is 12.8. The molecule has 7 heteroatoms. The number of carbonyl (C=O) groups excluding carboxylic acids is 1. The number of carbonyl (C=O) groups is 2. The van der Waals surface area contributed by atoms with Gasteiger partial charge >= 0.3 is 5.97 Å². The van der Waals surface area contributed by atoms with E-state index in [0.29, 0.717) is 6.54 Å². The number of halogens is 1. The molecule has 1 aromatic heterocycles. The highest BCUT2D eigenvalue weighted by Crippen LogP contribution is 2.20. The smallest absolute Gasteiger partial charge is 0.322 e. The van der Waals surface area contributed by atoms with Crippen LogP contribution in [-0.4, -0.2) is 42.0 Å². The van der Waals surface area contributed by atoms with Crippen molar-refractivity contribution in [3.05, 3.63) is 20.8 Å². The minimum absolute atomic E-state index is 0.183. The first-order valence-electron chi connectivity index (χ1n) is 4.87. The number of hydrogen-bond donors (Lipinski definition) is 2. The number of nitrogens with zero attached hydrogens (tertiary/aromatic N) is 1. The lowest BCUT2D eigenvalue weighted by molar-refractivity contribution is -0.138. The van der Waals surface area contributed by atoms with Crippen molar-refractivity contribution in [2.75, 3.05) is 20.1 Å². The molecule has 1 aromatic rings. The zero-order valence-corrected chi connectivity index (χ0v) is 11.7. The molecule has 94 valence electrons. The van der Waals surface area contributed by atoms with E-state index in [-0.39, 0.29) is 19.0 Å². The molecule has 17 heavy (non-hydrogen) atoms. The van der Waals surface area contributed by atoms with Gasteiger partial charge in [0.25, 0.3) is 0 Å². The molecule has 2 N–H and O–H groups in total. The molecule has 0 spiro atoms. The van der Waals surface area contributed by atoms with Crippen LogP contribution >= 0.6 is 27.3 Å². The molecule has 1 rings (SSSR count). The summed E-state index contributed by atoms with van der Waals surface area (Å²) in [6.07, 6.45) is 0. The lowest BCUT2D eigenvalue weighted by Gasteiger charge is -2.14. The number of hydrogen-bond acceptors (Lipinski definition) is 4. The predicted molar refractivity (Wildman–Crippen MR) is 69.0 cm³/mol. The Labute approximate surface area is 112 Å². The van der Waals surface area contributed by atoms with Gasteiger partial charge in [-0.1, -0.05) is 0 Å². The third kappa shape index (κ3) is 5.81. The molecule has 0 fully saturated rings. The van der Waals surface area contributed by atoms with E-state index < -0.39 is 5.97 Å². The molecule has 0 aliphatic rings. The molecule has 0 radical (unpaired) electrons. The minimum atomic E-state index is -1.04. The molecule has 0 aliphatic heterocycles. The lowest BCUT2D eigenvalue weighted by Crippen LogP contribution is -2.37. The summed E-state index contributed by atoms with van der Waals surface area (Å²) < 4.78 is 1.03. The Bertz CT molecular complexity index is 408. The van der Waals surface area contributed by atoms with E-state index in [1.807, 2.05) is 23.4 Å². The highest BCUT2D eigenvalue weighted by Gasteiger charge is 2.09. The molecule has 0 aromatic carbocycles. The monoisotopic (exact) mass is 320 g/mol. The molecule has 1 amide bonds. The Morgan fingerprint density at radius 3 is 2.82 bits per heavy atom. The molecule has 0 bridgehead atoms. The van der Waals surface area contributed by atoms with Gasteiger partial charge in [-0.05, 0) is 29.0 Å². The Morgan fingerprint density at radius 2 is 2.29 bits per heavy atom. The van der Waals surface area contributed by atoms with E-state index in [2.05, 4.69) is 21.2 Å². The Kier molecular flexibility index (Phi) is 5.60. The average Bonchev–Trinajstić information content (AvgIpc) is 2.60. The molecule has 0 saturated heterocycles. The molecular weight excluding hydrogens is 308 g/mol. The van der Waals surface area contributed by atoms with Gasteiger partial charge in [-0.3, -0.25) is 14.5 Å². The summed E-state index contributed by atoms with van der Waals surface area (Å²) in [5.74, 6) is -1.33. The van der Waals surface area contributed by atoms with Crippen molar-refractivity contribution < 1.29 is 14.7 Å². The van der Waals surface area contributed by atoms with Crippen molar-refractivity contribution in [2.45, 2.75) is 6.54 Å². The van der Waals surface area contributed by atoms with Gasteiger partial charge in [-0.2, -0.15) is 0 Å². The second kappa shape index (κ2) is 6.73. The Morgan fingerprint density at radius 1 is 1.59 bits per heavy atom. The first-order chi connectivity index (χ1) is 7.97. The summed E-state index contributed by atoms with van der Waals surface area (Å²) >= 11 is 4.97. The van der Waals surface area contributed by atoms with E-state index in [1.54, 1.807) is 11.3 Å². The van der Waals surface area contributed by atoms with Crippen molar-refractivity contribution >= 4 is 39.1 Å². The van der Waals surface area contributed by atoms with Crippen LogP contribution in [0.2, 0.25) is 0 Å². The summed E-state index contributed by atoms with van der Waals surface area (Å²) in [7, 11) is 1.81. The SMILES string of the molecule is CN(CC(=O)NCC(=O)O)Cc1cc(Br)cs1. The fourth-order valence-corrected chi connectivity index (χ4v) is 2.76. The molecule has 0 aliphatic carbocycles. The first-order valence-corrected chi connectivity index (χ1v) is 6.54. The van der Waals surface area contributed by atoms with Gasteiger partial charge in [-0.25, -0.2) is 0 Å². The fraction of sp³-hybridized carbons (Fsp3) is 0.400. The second-order valence-corrected chi connectivity index (χ2v) is 5.49. The average molecular weight is 321 g/mol. The summed E-state index contributed by atoms with van der Waals surface area (Å²) in [6, 6.07) is 2.00. The summed E-state index contributed by atoms with van der Waals surface area (Å²) in [5, 5.41) is 12.7. The van der Waals surface area contributed by atoms with Gasteiger partial charge in [0.15, 0.2) is 0 Å². The largest absolute Gasteiger partial charge is 0.480 e. The molecule has 0 unspecified atom stereocenters. The summed E-state index contributed by atoms with van der Waals surface area (Å²) in [4.78, 5) is 24.6. The second-order valence-electron chi connectivity index (χ2n) is 3.57. The highest BCUT2D eigenvalue weighted by molar-refractivity contribution is 9.10. The highest BCUT2D eigenvalue weighted by atomic mass is 79.9. The Hall–Kier alpha value is -0.920. The number of nitrogens with one attached hydrogen (secondary N) is 1. The predicted octanol–water partition coefficient (Wildman–Crippen LogP) is 1.14. The molecular formula is C10H13BrN2O3S. The van der Waals surface area contributed by atoms with Crippen LogP contribution in [0, 0.1) is 0 Å². The lowest BCUT2D eigenvalue weighted by atomic mass is 10.4. The number of amides is 1. The van der Waals surface area contributed by atoms with Crippen LogP contribution in [0.1, 0.15) is 4.88 Å². The number of aliphatic carboxylic acids is 1. The van der Waals surface area contributed by atoms with Gasteiger partial charge in [0, 0.05) is 21.3 Å². The minimum Gasteiger partial charge on any atom is -0.480 e. The Balaban J connectivity index is 2.31. The van der Waals surface area contributed by atoms with Crippen molar-refractivity contribution in [1.82, 2.24) is 10.2 Å². The number of thiophene rings is 1. The summed E-state index contributed by atoms with van der Waals surface area (Å²) in [5.41, 5.74) is 0. The molecule has 5 nitrogen and oxygen atoms in total. The van der Waals surface area contributed by atoms with Gasteiger partial charge in [-0.15, -0.1) is 11.3 Å². The third-order valence-electron chi connectivity index (χ3n) is 1.90. The van der Waals surface area contributed by atoms with E-state index in [4.69, 9.17) is 5.11 Å². The van der Waals surface area contributed by atoms with Gasteiger partial charge in [0.2, 0.25) is 5.91 Å². The van der Waals surface area contributed by atoms with Crippen molar-refractivity contribution in [2.24, 2.45) is 0 Å². The number of carboxylic acid groups (broad SMARTS) is 1. The van der Waals surface area contributed by atoms with Crippen molar-refractivity contribution in [1.29, 1.82) is 0 Å². The topological polar surface area (TPSA) is 69.6 Å². The van der Waals surface area contributed by atoms with Crippen LogP contribution in [0.15, 0.2) is 15.9 Å². The third-order valence-corrected chi connectivity index (χ3v) is 3.58. The standard InChI is InChI=1S/C10H13BrN2O3S/c1-13(4-8-2-7(11)6-17-8)5-9(14)12-3-10(15)16/h2,6H,3-5H2,1H3,(H,12,14)(H,15,16).